The minimum absolute atomic E-state index is 0.136. The van der Waals surface area contributed by atoms with Gasteiger partial charge in [0.05, 0.1) is 24.8 Å². The van der Waals surface area contributed by atoms with E-state index in [2.05, 4.69) is 10.5 Å². The number of aryl methyl sites for hydroxylation is 1. The van der Waals surface area contributed by atoms with Crippen LogP contribution in [-0.4, -0.2) is 29.6 Å². The molecular weight excluding hydrogens is 298 g/mol. The average Bonchev–Trinajstić information content (AvgIpc) is 2.85. The number of carbonyl (C=O) groups is 1. The molecule has 0 saturated heterocycles. The van der Waals surface area contributed by atoms with Crippen LogP contribution in [0.3, 0.4) is 0 Å². The molecular formula is C16H19N3O2S. The van der Waals surface area contributed by atoms with Gasteiger partial charge in [0.25, 0.3) is 0 Å². The topological polar surface area (TPSA) is 55.6 Å². The van der Waals surface area contributed by atoms with E-state index in [1.807, 2.05) is 54.9 Å². The van der Waals surface area contributed by atoms with Gasteiger partial charge in [-0.05, 0) is 43.3 Å². The summed E-state index contributed by atoms with van der Waals surface area (Å²) in [6, 6.07) is 11.5. The number of amides is 1. The molecule has 0 saturated carbocycles. The summed E-state index contributed by atoms with van der Waals surface area (Å²) in [5.41, 5.74) is 4.62. The molecule has 0 bridgehead atoms. The Bertz CT molecular complexity index is 663. The Labute approximate surface area is 134 Å². The molecule has 0 radical (unpaired) electrons. The van der Waals surface area contributed by atoms with E-state index >= 15 is 0 Å². The largest absolute Gasteiger partial charge is 0.497 e. The molecule has 1 N–H and O–H groups in total. The monoisotopic (exact) mass is 317 g/mol. The molecule has 1 amide bonds. The molecule has 22 heavy (non-hydrogen) atoms. The zero-order chi connectivity index (χ0) is 15.9. The number of thioether (sulfide) groups is 1. The van der Waals surface area contributed by atoms with E-state index in [1.54, 1.807) is 13.3 Å². The van der Waals surface area contributed by atoms with Gasteiger partial charge in [-0.3, -0.25) is 4.79 Å². The molecule has 1 aromatic heterocycles. The van der Waals surface area contributed by atoms with Crippen LogP contribution >= 0.6 is 11.8 Å². The number of nitrogens with one attached hydrogen (secondary N) is 1. The molecule has 0 aliphatic rings. The lowest BCUT2D eigenvalue weighted by molar-refractivity contribution is -0.118. The Kier molecular flexibility index (Phi) is 5.66. The number of carbonyl (C=O) groups excluding carboxylic acids is 1. The van der Waals surface area contributed by atoms with Crippen LogP contribution in [0, 0.1) is 6.92 Å². The first kappa shape index (κ1) is 16.2. The van der Waals surface area contributed by atoms with E-state index in [1.165, 1.54) is 11.8 Å². The van der Waals surface area contributed by atoms with Gasteiger partial charge in [0.15, 0.2) is 0 Å². The summed E-state index contributed by atoms with van der Waals surface area (Å²) in [4.78, 5) is 12.8. The van der Waals surface area contributed by atoms with E-state index in [0.717, 1.165) is 22.0 Å². The first-order chi connectivity index (χ1) is 10.6. The molecule has 0 atom stereocenters. The maximum atomic E-state index is 11.7. The van der Waals surface area contributed by atoms with Crippen molar-refractivity contribution >= 4 is 23.9 Å². The number of ether oxygens (including phenoxy) is 1. The number of rotatable bonds is 6. The van der Waals surface area contributed by atoms with Crippen LogP contribution in [0.2, 0.25) is 0 Å². The Morgan fingerprint density at radius 3 is 2.64 bits per heavy atom. The number of aromatic nitrogens is 1. The number of hydrogen-bond acceptors (Lipinski definition) is 4. The van der Waals surface area contributed by atoms with Gasteiger partial charge in [-0.25, -0.2) is 5.43 Å². The summed E-state index contributed by atoms with van der Waals surface area (Å²) >= 11 is 1.45. The highest BCUT2D eigenvalue weighted by Gasteiger charge is 2.02. The third kappa shape index (κ3) is 4.39. The van der Waals surface area contributed by atoms with Gasteiger partial charge in [-0.2, -0.15) is 5.10 Å². The minimum Gasteiger partial charge on any atom is -0.497 e. The summed E-state index contributed by atoms with van der Waals surface area (Å²) < 4.78 is 7.09. The standard InChI is InChI=1S/C16H19N3O2S/c1-12-4-5-13(19(12)2)10-17-18-16(20)11-22-15-8-6-14(21-3)7-9-15/h4-10H,11H2,1-3H3,(H,18,20)/b17-10-. The summed E-state index contributed by atoms with van der Waals surface area (Å²) in [5.74, 6) is 0.981. The zero-order valence-electron chi connectivity index (χ0n) is 12.9. The maximum absolute atomic E-state index is 11.7. The molecule has 0 aliphatic heterocycles. The quantitative estimate of drug-likeness (QED) is 0.506. The third-order valence-corrected chi connectivity index (χ3v) is 4.24. The van der Waals surface area contributed by atoms with Gasteiger partial charge in [0.2, 0.25) is 5.91 Å². The molecule has 0 aliphatic carbocycles. The summed E-state index contributed by atoms with van der Waals surface area (Å²) in [7, 11) is 3.58. The second-order valence-electron chi connectivity index (χ2n) is 4.72. The Balaban J connectivity index is 1.79. The molecule has 0 fully saturated rings. The number of hydrazone groups is 1. The van der Waals surface area contributed by atoms with Crippen LogP contribution in [0.15, 0.2) is 46.4 Å². The molecule has 1 aromatic carbocycles. The highest BCUT2D eigenvalue weighted by Crippen LogP contribution is 2.20. The average molecular weight is 317 g/mol. The van der Waals surface area contributed by atoms with Crippen molar-refractivity contribution in [2.24, 2.45) is 12.1 Å². The van der Waals surface area contributed by atoms with Gasteiger partial charge in [-0.1, -0.05) is 0 Å². The molecule has 5 nitrogen and oxygen atoms in total. The lowest BCUT2D eigenvalue weighted by atomic mass is 10.3. The number of nitrogens with zero attached hydrogens (tertiary/aromatic N) is 2. The zero-order valence-corrected chi connectivity index (χ0v) is 13.7. The second-order valence-corrected chi connectivity index (χ2v) is 5.76. The fraction of sp³-hybridized carbons (Fsp3) is 0.250. The predicted molar refractivity (Wildman–Crippen MR) is 89.6 cm³/mol. The van der Waals surface area contributed by atoms with Crippen molar-refractivity contribution in [2.75, 3.05) is 12.9 Å². The third-order valence-electron chi connectivity index (χ3n) is 3.23. The summed E-state index contributed by atoms with van der Waals surface area (Å²) in [6.45, 7) is 2.02. The molecule has 6 heteroatoms. The highest BCUT2D eigenvalue weighted by atomic mass is 32.2. The van der Waals surface area contributed by atoms with Crippen LogP contribution in [-0.2, 0) is 11.8 Å². The Morgan fingerprint density at radius 1 is 1.32 bits per heavy atom. The van der Waals surface area contributed by atoms with E-state index in [-0.39, 0.29) is 5.91 Å². The van der Waals surface area contributed by atoms with Gasteiger partial charge in [0, 0.05) is 17.6 Å². The molecule has 116 valence electrons. The summed E-state index contributed by atoms with van der Waals surface area (Å²) in [5, 5.41) is 3.98. The smallest absolute Gasteiger partial charge is 0.250 e. The van der Waals surface area contributed by atoms with Crippen molar-refractivity contribution in [2.45, 2.75) is 11.8 Å². The van der Waals surface area contributed by atoms with Gasteiger partial charge in [-0.15, -0.1) is 11.8 Å². The van der Waals surface area contributed by atoms with E-state index in [0.29, 0.717) is 5.75 Å². The Morgan fingerprint density at radius 2 is 2.05 bits per heavy atom. The lowest BCUT2D eigenvalue weighted by Gasteiger charge is -2.03. The SMILES string of the molecule is COc1ccc(SCC(=O)N/N=C\c2ccc(C)n2C)cc1. The maximum Gasteiger partial charge on any atom is 0.250 e. The number of benzene rings is 1. The normalized spacial score (nSPS) is 10.9. The fourth-order valence-electron chi connectivity index (χ4n) is 1.79. The predicted octanol–water partition coefficient (Wildman–Crippen LogP) is 2.58. The first-order valence-corrected chi connectivity index (χ1v) is 7.80. The van der Waals surface area contributed by atoms with Crippen LogP contribution in [0.25, 0.3) is 0 Å². The van der Waals surface area contributed by atoms with Gasteiger partial charge in [0.1, 0.15) is 5.75 Å². The highest BCUT2D eigenvalue weighted by molar-refractivity contribution is 8.00. The van der Waals surface area contributed by atoms with Crippen molar-refractivity contribution < 1.29 is 9.53 Å². The molecule has 0 spiro atoms. The van der Waals surface area contributed by atoms with E-state index in [4.69, 9.17) is 4.74 Å². The minimum atomic E-state index is -0.136. The Hall–Kier alpha value is -2.21. The van der Waals surface area contributed by atoms with Gasteiger partial charge < -0.3 is 9.30 Å². The molecule has 2 rings (SSSR count). The second kappa shape index (κ2) is 7.70. The van der Waals surface area contributed by atoms with Crippen molar-refractivity contribution in [1.82, 2.24) is 9.99 Å². The number of hydrogen-bond donors (Lipinski definition) is 1. The fourth-order valence-corrected chi connectivity index (χ4v) is 2.48. The van der Waals surface area contributed by atoms with Crippen LogP contribution < -0.4 is 10.2 Å². The van der Waals surface area contributed by atoms with Crippen molar-refractivity contribution in [3.05, 3.63) is 47.8 Å². The van der Waals surface area contributed by atoms with Crippen molar-refractivity contribution in [1.29, 1.82) is 0 Å². The summed E-state index contributed by atoms with van der Waals surface area (Å²) in [6.07, 6.45) is 1.64. The van der Waals surface area contributed by atoms with E-state index < -0.39 is 0 Å². The number of methoxy groups -OCH3 is 1. The van der Waals surface area contributed by atoms with Crippen LogP contribution in [0.4, 0.5) is 0 Å². The van der Waals surface area contributed by atoms with E-state index in [9.17, 15) is 4.79 Å². The molecule has 2 aromatic rings. The van der Waals surface area contributed by atoms with Crippen molar-refractivity contribution in [3.63, 3.8) is 0 Å². The van der Waals surface area contributed by atoms with Crippen molar-refractivity contribution in [3.8, 4) is 5.75 Å². The lowest BCUT2D eigenvalue weighted by Crippen LogP contribution is -2.19. The van der Waals surface area contributed by atoms with Gasteiger partial charge >= 0.3 is 0 Å². The van der Waals surface area contributed by atoms with Crippen LogP contribution in [0.5, 0.6) is 5.75 Å². The first-order valence-electron chi connectivity index (χ1n) is 6.81. The molecule has 0 unspecified atom stereocenters. The van der Waals surface area contributed by atoms with Crippen LogP contribution in [0.1, 0.15) is 11.4 Å². The molecule has 1 heterocycles.